The van der Waals surface area contributed by atoms with E-state index in [-0.39, 0.29) is 12.2 Å². The minimum absolute atomic E-state index is 0.0113. The van der Waals surface area contributed by atoms with Crippen LogP contribution in [-0.4, -0.2) is 34.0 Å². The van der Waals surface area contributed by atoms with Crippen molar-refractivity contribution >= 4 is 17.8 Å². The first kappa shape index (κ1) is 14.5. The Kier molecular flexibility index (Phi) is 4.87. The van der Waals surface area contributed by atoms with E-state index < -0.39 is 30.2 Å². The molecule has 2 amide bonds. The van der Waals surface area contributed by atoms with E-state index in [0.717, 1.165) is 0 Å². The summed E-state index contributed by atoms with van der Waals surface area (Å²) in [5, 5.41) is 20.2. The molecule has 1 atom stereocenters. The second kappa shape index (κ2) is 6.39. The minimum Gasteiger partial charge on any atom is -0.508 e. The molecule has 1 rings (SSSR count). The van der Waals surface area contributed by atoms with Crippen molar-refractivity contribution in [3.8, 4) is 5.75 Å². The molecule has 5 N–H and O–H groups in total. The van der Waals surface area contributed by atoms with Crippen LogP contribution in [0.2, 0.25) is 0 Å². The van der Waals surface area contributed by atoms with E-state index in [4.69, 9.17) is 10.8 Å². The third kappa shape index (κ3) is 5.07. The van der Waals surface area contributed by atoms with Gasteiger partial charge in [-0.15, -0.1) is 0 Å². The number of primary amides is 1. The van der Waals surface area contributed by atoms with Crippen LogP contribution in [0.1, 0.15) is 12.0 Å². The molecule has 0 saturated carbocycles. The van der Waals surface area contributed by atoms with Gasteiger partial charge in [0.1, 0.15) is 11.8 Å². The maximum atomic E-state index is 11.6. The molecule has 19 heavy (non-hydrogen) atoms. The Labute approximate surface area is 109 Å². The van der Waals surface area contributed by atoms with Crippen molar-refractivity contribution in [2.75, 3.05) is 0 Å². The number of carbonyl (C=O) groups excluding carboxylic acids is 2. The van der Waals surface area contributed by atoms with E-state index >= 15 is 0 Å². The SMILES string of the molecule is NC(=O)CC(NC(=O)Cc1cccc(O)c1)C(=O)O. The molecule has 102 valence electrons. The zero-order valence-corrected chi connectivity index (χ0v) is 10.00. The summed E-state index contributed by atoms with van der Waals surface area (Å²) in [5.74, 6) is -2.70. The molecule has 0 aromatic heterocycles. The number of carboxylic acids is 1. The molecule has 0 saturated heterocycles. The lowest BCUT2D eigenvalue weighted by Gasteiger charge is -2.12. The first-order valence-corrected chi connectivity index (χ1v) is 5.47. The van der Waals surface area contributed by atoms with Crippen LogP contribution < -0.4 is 11.1 Å². The molecule has 0 fully saturated rings. The topological polar surface area (TPSA) is 130 Å². The zero-order valence-electron chi connectivity index (χ0n) is 10.00. The summed E-state index contributed by atoms with van der Waals surface area (Å²) in [7, 11) is 0. The van der Waals surface area contributed by atoms with E-state index in [9.17, 15) is 19.5 Å². The van der Waals surface area contributed by atoms with Crippen molar-refractivity contribution in [3.05, 3.63) is 29.8 Å². The third-order valence-corrected chi connectivity index (χ3v) is 2.31. The maximum Gasteiger partial charge on any atom is 0.326 e. The summed E-state index contributed by atoms with van der Waals surface area (Å²) in [6.07, 6.45) is -0.571. The Bertz CT molecular complexity index is 501. The number of phenolic OH excluding ortho intramolecular Hbond substituents is 1. The Balaban J connectivity index is 2.62. The number of hydrogen-bond acceptors (Lipinski definition) is 4. The van der Waals surface area contributed by atoms with Gasteiger partial charge < -0.3 is 21.3 Å². The van der Waals surface area contributed by atoms with Crippen LogP contribution in [0.4, 0.5) is 0 Å². The Morgan fingerprint density at radius 2 is 2.00 bits per heavy atom. The van der Waals surface area contributed by atoms with Gasteiger partial charge in [0.25, 0.3) is 0 Å². The lowest BCUT2D eigenvalue weighted by molar-refractivity contribution is -0.143. The monoisotopic (exact) mass is 266 g/mol. The van der Waals surface area contributed by atoms with E-state index in [1.165, 1.54) is 12.1 Å². The van der Waals surface area contributed by atoms with Gasteiger partial charge in [-0.3, -0.25) is 9.59 Å². The number of hydrogen-bond donors (Lipinski definition) is 4. The molecule has 0 heterocycles. The number of aliphatic carboxylic acids is 1. The second-order valence-electron chi connectivity index (χ2n) is 3.98. The number of rotatable bonds is 6. The molecule has 0 radical (unpaired) electrons. The molecular formula is C12H14N2O5. The van der Waals surface area contributed by atoms with Gasteiger partial charge in [-0.25, -0.2) is 4.79 Å². The molecule has 1 unspecified atom stereocenters. The quantitative estimate of drug-likeness (QED) is 0.545. The number of nitrogens with two attached hydrogens (primary N) is 1. The van der Waals surface area contributed by atoms with Gasteiger partial charge in [-0.05, 0) is 17.7 Å². The van der Waals surface area contributed by atoms with Crippen molar-refractivity contribution in [3.63, 3.8) is 0 Å². The van der Waals surface area contributed by atoms with Gasteiger partial charge in [0.2, 0.25) is 11.8 Å². The predicted octanol–water partition coefficient (Wildman–Crippen LogP) is -0.621. The first-order chi connectivity index (χ1) is 8.88. The van der Waals surface area contributed by atoms with Crippen LogP contribution in [0, 0.1) is 0 Å². The molecule has 0 aliphatic rings. The van der Waals surface area contributed by atoms with Gasteiger partial charge in [0, 0.05) is 0 Å². The van der Waals surface area contributed by atoms with Gasteiger partial charge in [0.15, 0.2) is 0 Å². The first-order valence-electron chi connectivity index (χ1n) is 5.47. The molecule has 0 aliphatic carbocycles. The Morgan fingerprint density at radius 1 is 1.32 bits per heavy atom. The van der Waals surface area contributed by atoms with Crippen molar-refractivity contribution in [1.29, 1.82) is 0 Å². The summed E-state index contributed by atoms with van der Waals surface area (Å²) in [4.78, 5) is 33.1. The smallest absolute Gasteiger partial charge is 0.326 e. The van der Waals surface area contributed by atoms with Crippen LogP contribution in [-0.2, 0) is 20.8 Å². The fourth-order valence-corrected chi connectivity index (χ4v) is 1.50. The average molecular weight is 266 g/mol. The highest BCUT2D eigenvalue weighted by atomic mass is 16.4. The van der Waals surface area contributed by atoms with Crippen molar-refractivity contribution < 1.29 is 24.6 Å². The van der Waals surface area contributed by atoms with Crippen LogP contribution >= 0.6 is 0 Å². The minimum atomic E-state index is -1.35. The van der Waals surface area contributed by atoms with Crippen molar-refractivity contribution in [2.45, 2.75) is 18.9 Å². The van der Waals surface area contributed by atoms with Gasteiger partial charge in [-0.1, -0.05) is 12.1 Å². The number of nitrogens with one attached hydrogen (secondary N) is 1. The Hall–Kier alpha value is -2.57. The van der Waals surface area contributed by atoms with Crippen LogP contribution in [0.5, 0.6) is 5.75 Å². The molecule has 1 aromatic rings. The van der Waals surface area contributed by atoms with E-state index in [0.29, 0.717) is 5.56 Å². The lowest BCUT2D eigenvalue weighted by Crippen LogP contribution is -2.43. The standard InChI is InChI=1S/C12H14N2O5/c13-10(16)6-9(12(18)19)14-11(17)5-7-2-1-3-8(15)4-7/h1-4,9,15H,5-6H2,(H2,13,16)(H,14,17)(H,18,19). The number of amides is 2. The highest BCUT2D eigenvalue weighted by molar-refractivity contribution is 5.88. The van der Waals surface area contributed by atoms with Crippen LogP contribution in [0.25, 0.3) is 0 Å². The molecule has 0 spiro atoms. The van der Waals surface area contributed by atoms with Gasteiger partial charge in [-0.2, -0.15) is 0 Å². The summed E-state index contributed by atoms with van der Waals surface area (Å²) in [6.45, 7) is 0. The molecular weight excluding hydrogens is 252 g/mol. The van der Waals surface area contributed by atoms with Gasteiger partial charge >= 0.3 is 5.97 Å². The number of phenols is 1. The maximum absolute atomic E-state index is 11.6. The number of carbonyl (C=O) groups is 3. The summed E-state index contributed by atoms with van der Waals surface area (Å²) >= 11 is 0. The summed E-state index contributed by atoms with van der Waals surface area (Å²) < 4.78 is 0. The van der Waals surface area contributed by atoms with Crippen molar-refractivity contribution in [1.82, 2.24) is 5.32 Å². The number of carboxylic acid groups (broad SMARTS) is 1. The number of benzene rings is 1. The van der Waals surface area contributed by atoms with Crippen LogP contribution in [0.3, 0.4) is 0 Å². The molecule has 7 heteroatoms. The van der Waals surface area contributed by atoms with E-state index in [1.807, 2.05) is 0 Å². The fraction of sp³-hybridized carbons (Fsp3) is 0.250. The normalized spacial score (nSPS) is 11.6. The molecule has 0 aliphatic heterocycles. The lowest BCUT2D eigenvalue weighted by atomic mass is 10.1. The molecule has 0 bridgehead atoms. The third-order valence-electron chi connectivity index (χ3n) is 2.31. The highest BCUT2D eigenvalue weighted by Gasteiger charge is 2.22. The van der Waals surface area contributed by atoms with E-state index in [1.54, 1.807) is 12.1 Å². The summed E-state index contributed by atoms with van der Waals surface area (Å²) in [6, 6.07) is 4.68. The van der Waals surface area contributed by atoms with E-state index in [2.05, 4.69) is 5.32 Å². The highest BCUT2D eigenvalue weighted by Crippen LogP contribution is 2.11. The Morgan fingerprint density at radius 3 is 2.53 bits per heavy atom. The van der Waals surface area contributed by atoms with Crippen LogP contribution in [0.15, 0.2) is 24.3 Å². The molecule has 7 nitrogen and oxygen atoms in total. The average Bonchev–Trinajstić information content (AvgIpc) is 2.27. The number of aromatic hydroxyl groups is 1. The van der Waals surface area contributed by atoms with Crippen molar-refractivity contribution in [2.24, 2.45) is 5.73 Å². The largest absolute Gasteiger partial charge is 0.508 e. The summed E-state index contributed by atoms with van der Waals surface area (Å²) in [5.41, 5.74) is 5.42. The molecule has 1 aromatic carbocycles. The second-order valence-corrected chi connectivity index (χ2v) is 3.98. The predicted molar refractivity (Wildman–Crippen MR) is 65.2 cm³/mol. The van der Waals surface area contributed by atoms with Gasteiger partial charge in [0.05, 0.1) is 12.8 Å². The zero-order chi connectivity index (χ0) is 14.4. The fourth-order valence-electron chi connectivity index (χ4n) is 1.50.